The lowest BCUT2D eigenvalue weighted by atomic mass is 10.1. The average molecular weight is 343 g/mol. The molecule has 0 atom stereocenters. The molecule has 0 unspecified atom stereocenters. The number of amides is 1. The minimum Gasteiger partial charge on any atom is -0.496 e. The van der Waals surface area contributed by atoms with E-state index in [9.17, 15) is 4.79 Å². The Morgan fingerprint density at radius 2 is 1.95 bits per heavy atom. The van der Waals surface area contributed by atoms with Crippen LogP contribution in [0, 0.1) is 0 Å². The normalized spacial score (nSPS) is 10.7. The molecule has 0 aliphatic carbocycles. The van der Waals surface area contributed by atoms with Gasteiger partial charge in [-0.25, -0.2) is 0 Å². The van der Waals surface area contributed by atoms with E-state index in [1.54, 1.807) is 7.11 Å². The van der Waals surface area contributed by atoms with Crippen LogP contribution in [0.3, 0.4) is 0 Å². The molecule has 0 N–H and O–H groups in total. The van der Waals surface area contributed by atoms with E-state index in [1.807, 2.05) is 37.2 Å². The Bertz CT molecular complexity index is 449. The van der Waals surface area contributed by atoms with Gasteiger partial charge >= 0.3 is 0 Å². The third-order valence-corrected chi connectivity index (χ3v) is 3.49. The third kappa shape index (κ3) is 4.80. The molecular weight excluding hydrogens is 320 g/mol. The first-order valence-electron chi connectivity index (χ1n) is 6.77. The van der Waals surface area contributed by atoms with E-state index < -0.39 is 0 Å². The van der Waals surface area contributed by atoms with Crippen molar-refractivity contribution in [3.8, 4) is 5.75 Å². The zero-order valence-corrected chi connectivity index (χ0v) is 14.2. The van der Waals surface area contributed by atoms with Gasteiger partial charge in [-0.15, -0.1) is 0 Å². The van der Waals surface area contributed by atoms with Gasteiger partial charge in [0.05, 0.1) is 12.7 Å². The van der Waals surface area contributed by atoms with Crippen LogP contribution in [0.2, 0.25) is 0 Å². The van der Waals surface area contributed by atoms with E-state index in [0.717, 1.165) is 30.5 Å². The standard InChI is InChI=1S/C15H23BrN2O2/c1-5-8-18(10-9-17(2)3)15(19)13-7-6-12(16)11-14(13)20-4/h6-7,11H,5,8-10H2,1-4H3. The maximum Gasteiger partial charge on any atom is 0.257 e. The predicted molar refractivity (Wildman–Crippen MR) is 85.4 cm³/mol. The van der Waals surface area contributed by atoms with Gasteiger partial charge in [-0.1, -0.05) is 22.9 Å². The maximum atomic E-state index is 12.7. The molecule has 4 nitrogen and oxygen atoms in total. The molecule has 0 saturated heterocycles. The molecule has 0 radical (unpaired) electrons. The Morgan fingerprint density at radius 1 is 1.25 bits per heavy atom. The van der Waals surface area contributed by atoms with Gasteiger partial charge in [0, 0.05) is 24.1 Å². The summed E-state index contributed by atoms with van der Waals surface area (Å²) in [6.45, 7) is 4.41. The van der Waals surface area contributed by atoms with E-state index in [1.165, 1.54) is 0 Å². The van der Waals surface area contributed by atoms with Crippen LogP contribution in [0.4, 0.5) is 0 Å². The quantitative estimate of drug-likeness (QED) is 0.763. The first-order chi connectivity index (χ1) is 9.49. The number of likely N-dealkylation sites (N-methyl/N-ethyl adjacent to an activating group) is 1. The van der Waals surface area contributed by atoms with Crippen molar-refractivity contribution in [2.45, 2.75) is 13.3 Å². The zero-order chi connectivity index (χ0) is 15.1. The van der Waals surface area contributed by atoms with Crippen molar-refractivity contribution >= 4 is 21.8 Å². The van der Waals surface area contributed by atoms with Crippen LogP contribution < -0.4 is 4.74 Å². The van der Waals surface area contributed by atoms with Gasteiger partial charge in [0.2, 0.25) is 0 Å². The number of carbonyl (C=O) groups is 1. The van der Waals surface area contributed by atoms with Gasteiger partial charge in [0.1, 0.15) is 5.75 Å². The minimum atomic E-state index is 0.0260. The maximum absolute atomic E-state index is 12.7. The molecule has 0 heterocycles. The number of ether oxygens (including phenoxy) is 1. The lowest BCUT2D eigenvalue weighted by Gasteiger charge is -2.24. The second kappa shape index (κ2) is 8.27. The fourth-order valence-corrected chi connectivity index (χ4v) is 2.26. The Kier molecular flexibility index (Phi) is 7.02. The minimum absolute atomic E-state index is 0.0260. The van der Waals surface area contributed by atoms with E-state index in [4.69, 9.17) is 4.74 Å². The second-order valence-electron chi connectivity index (χ2n) is 4.94. The van der Waals surface area contributed by atoms with Crippen molar-refractivity contribution in [1.82, 2.24) is 9.80 Å². The van der Waals surface area contributed by atoms with E-state index in [2.05, 4.69) is 27.8 Å². The number of hydrogen-bond donors (Lipinski definition) is 0. The lowest BCUT2D eigenvalue weighted by Crippen LogP contribution is -2.37. The number of benzene rings is 1. The summed E-state index contributed by atoms with van der Waals surface area (Å²) in [5.41, 5.74) is 0.614. The number of carbonyl (C=O) groups excluding carboxylic acids is 1. The SMILES string of the molecule is CCCN(CCN(C)C)C(=O)c1ccc(Br)cc1OC. The molecule has 0 bridgehead atoms. The van der Waals surface area contributed by atoms with Gasteiger partial charge < -0.3 is 14.5 Å². The molecule has 112 valence electrons. The van der Waals surface area contributed by atoms with Crippen molar-refractivity contribution in [2.75, 3.05) is 40.8 Å². The molecule has 1 aromatic rings. The Morgan fingerprint density at radius 3 is 2.50 bits per heavy atom. The largest absolute Gasteiger partial charge is 0.496 e. The number of methoxy groups -OCH3 is 1. The van der Waals surface area contributed by atoms with Gasteiger partial charge in [-0.3, -0.25) is 4.79 Å². The van der Waals surface area contributed by atoms with Crippen LogP contribution in [0.5, 0.6) is 5.75 Å². The summed E-state index contributed by atoms with van der Waals surface area (Å²) in [5.74, 6) is 0.633. The molecule has 20 heavy (non-hydrogen) atoms. The van der Waals surface area contributed by atoms with Crippen LogP contribution in [0.1, 0.15) is 23.7 Å². The summed E-state index contributed by atoms with van der Waals surface area (Å²) in [7, 11) is 5.60. The second-order valence-corrected chi connectivity index (χ2v) is 5.86. The topological polar surface area (TPSA) is 32.8 Å². The number of rotatable bonds is 7. The number of hydrogen-bond acceptors (Lipinski definition) is 3. The molecule has 1 amide bonds. The molecule has 1 aromatic carbocycles. The van der Waals surface area contributed by atoms with Crippen LogP contribution in [0.15, 0.2) is 22.7 Å². The van der Waals surface area contributed by atoms with E-state index in [-0.39, 0.29) is 5.91 Å². The van der Waals surface area contributed by atoms with Crippen LogP contribution in [-0.4, -0.2) is 56.5 Å². The van der Waals surface area contributed by atoms with Crippen LogP contribution >= 0.6 is 15.9 Å². The van der Waals surface area contributed by atoms with Gasteiger partial charge in [0.25, 0.3) is 5.91 Å². The fourth-order valence-electron chi connectivity index (χ4n) is 1.92. The van der Waals surface area contributed by atoms with Crippen molar-refractivity contribution in [3.63, 3.8) is 0 Å². The molecule has 0 saturated carbocycles. The highest BCUT2D eigenvalue weighted by Gasteiger charge is 2.19. The summed E-state index contributed by atoms with van der Waals surface area (Å²) in [4.78, 5) is 16.6. The molecule has 1 rings (SSSR count). The molecule has 0 aliphatic heterocycles. The van der Waals surface area contributed by atoms with Crippen molar-refractivity contribution in [3.05, 3.63) is 28.2 Å². The van der Waals surface area contributed by atoms with Gasteiger partial charge in [0.15, 0.2) is 0 Å². The summed E-state index contributed by atoms with van der Waals surface area (Å²) in [5, 5.41) is 0. The monoisotopic (exact) mass is 342 g/mol. The molecule has 5 heteroatoms. The van der Waals surface area contributed by atoms with E-state index in [0.29, 0.717) is 11.3 Å². The predicted octanol–water partition coefficient (Wildman–Crippen LogP) is 2.87. The van der Waals surface area contributed by atoms with Crippen molar-refractivity contribution in [2.24, 2.45) is 0 Å². The molecule has 0 aromatic heterocycles. The van der Waals surface area contributed by atoms with Crippen LogP contribution in [0.25, 0.3) is 0 Å². The Balaban J connectivity index is 2.93. The van der Waals surface area contributed by atoms with Gasteiger partial charge in [-0.05, 0) is 38.7 Å². The highest BCUT2D eigenvalue weighted by atomic mass is 79.9. The number of halogens is 1. The molecule has 0 aliphatic rings. The highest BCUT2D eigenvalue weighted by Crippen LogP contribution is 2.24. The van der Waals surface area contributed by atoms with Crippen LogP contribution in [-0.2, 0) is 0 Å². The van der Waals surface area contributed by atoms with Gasteiger partial charge in [-0.2, -0.15) is 0 Å². The first-order valence-corrected chi connectivity index (χ1v) is 7.56. The van der Waals surface area contributed by atoms with Crippen molar-refractivity contribution < 1.29 is 9.53 Å². The molecule has 0 spiro atoms. The van der Waals surface area contributed by atoms with E-state index >= 15 is 0 Å². The lowest BCUT2D eigenvalue weighted by molar-refractivity contribution is 0.0741. The average Bonchev–Trinajstić information content (AvgIpc) is 2.42. The fraction of sp³-hybridized carbons (Fsp3) is 0.533. The number of nitrogens with zero attached hydrogens (tertiary/aromatic N) is 2. The smallest absolute Gasteiger partial charge is 0.257 e. The summed E-state index contributed by atoms with van der Waals surface area (Å²) >= 11 is 3.39. The third-order valence-electron chi connectivity index (χ3n) is 2.99. The van der Waals surface area contributed by atoms with Crippen molar-refractivity contribution in [1.29, 1.82) is 0 Å². The molecular formula is C15H23BrN2O2. The summed E-state index contributed by atoms with van der Waals surface area (Å²) < 4.78 is 6.22. The summed E-state index contributed by atoms with van der Waals surface area (Å²) in [6, 6.07) is 5.50. The Labute approximate surface area is 129 Å². The first kappa shape index (κ1) is 17.0. The molecule has 0 fully saturated rings. The Hall–Kier alpha value is -1.07. The zero-order valence-electron chi connectivity index (χ0n) is 12.6. The highest BCUT2D eigenvalue weighted by molar-refractivity contribution is 9.10. The summed E-state index contributed by atoms with van der Waals surface area (Å²) in [6.07, 6.45) is 0.942.